The molecule has 0 saturated carbocycles. The van der Waals surface area contributed by atoms with Crippen LogP contribution in [0.15, 0.2) is 48.7 Å². The van der Waals surface area contributed by atoms with E-state index in [4.69, 9.17) is 19.2 Å². The molecule has 3 aromatic rings. The van der Waals surface area contributed by atoms with Crippen molar-refractivity contribution in [3.8, 4) is 11.5 Å². The Morgan fingerprint density at radius 3 is 2.30 bits per heavy atom. The van der Waals surface area contributed by atoms with Crippen molar-refractivity contribution in [3.63, 3.8) is 0 Å². The second-order valence-corrected chi connectivity index (χ2v) is 16.2. The Labute approximate surface area is 257 Å². The third-order valence-electron chi connectivity index (χ3n) is 7.96. The maximum atomic E-state index is 12.9. The highest BCUT2D eigenvalue weighted by molar-refractivity contribution is 6.59. The van der Waals surface area contributed by atoms with Crippen LogP contribution in [0.4, 0.5) is 16.2 Å². The number of hydrogen-bond acceptors (Lipinski definition) is 7. The number of aromatic nitrogens is 2. The number of carbonyl (C=O) groups excluding carboxylic acids is 1. The summed E-state index contributed by atoms with van der Waals surface area (Å²) in [6.45, 7) is 17.1. The van der Waals surface area contributed by atoms with Crippen molar-refractivity contribution in [2.45, 2.75) is 64.9 Å². The molecule has 2 heterocycles. The zero-order valence-electron chi connectivity index (χ0n) is 27.0. The molecule has 1 aromatic heterocycles. The van der Waals surface area contributed by atoms with Gasteiger partial charge in [-0.1, -0.05) is 33.0 Å². The smallest absolute Gasteiger partial charge is 0.410 e. The van der Waals surface area contributed by atoms with Gasteiger partial charge in [0.15, 0.2) is 6.54 Å². The van der Waals surface area contributed by atoms with Gasteiger partial charge in [0, 0.05) is 59.3 Å². The van der Waals surface area contributed by atoms with Crippen LogP contribution in [0.25, 0.3) is 16.6 Å². The molecule has 0 bridgehead atoms. The van der Waals surface area contributed by atoms with Gasteiger partial charge in [-0.2, -0.15) is 4.57 Å². The van der Waals surface area contributed by atoms with E-state index in [2.05, 4.69) is 48.6 Å². The van der Waals surface area contributed by atoms with E-state index in [-0.39, 0.29) is 17.7 Å². The summed E-state index contributed by atoms with van der Waals surface area (Å²) in [5.74, 6) is 1.34. The van der Waals surface area contributed by atoms with Crippen LogP contribution >= 0.6 is 0 Å². The Hall–Kier alpha value is -3.63. The quantitative estimate of drug-likeness (QED) is 0.229. The van der Waals surface area contributed by atoms with E-state index in [1.54, 1.807) is 19.1 Å². The number of rotatable bonds is 10. The monoisotopic (exact) mass is 606 g/mol. The number of ether oxygens (including phenoxy) is 3. The predicted molar refractivity (Wildman–Crippen MR) is 173 cm³/mol. The number of fused-ring (bicyclic) bond motifs is 1. The number of aliphatic hydroxyl groups excluding tert-OH is 1. The van der Waals surface area contributed by atoms with E-state index >= 15 is 0 Å². The molecule has 1 aliphatic heterocycles. The molecule has 1 amide bonds. The van der Waals surface area contributed by atoms with Gasteiger partial charge in [0.05, 0.1) is 42.4 Å². The molecule has 4 rings (SSSR count). The van der Waals surface area contributed by atoms with Crippen LogP contribution in [0, 0.1) is 0 Å². The lowest BCUT2D eigenvalue weighted by molar-refractivity contribution is -0.678. The van der Waals surface area contributed by atoms with Gasteiger partial charge in [-0.05, 0) is 32.9 Å². The van der Waals surface area contributed by atoms with Gasteiger partial charge in [-0.25, -0.2) is 9.78 Å². The van der Waals surface area contributed by atoms with E-state index in [9.17, 15) is 9.90 Å². The van der Waals surface area contributed by atoms with E-state index in [1.807, 2.05) is 57.3 Å². The summed E-state index contributed by atoms with van der Waals surface area (Å²) in [5, 5.41) is 10.1. The highest BCUT2D eigenvalue weighted by Crippen LogP contribution is 2.35. The van der Waals surface area contributed by atoms with Crippen molar-refractivity contribution in [1.29, 1.82) is 0 Å². The fourth-order valence-electron chi connectivity index (χ4n) is 4.98. The van der Waals surface area contributed by atoms with Crippen molar-refractivity contribution < 1.29 is 28.7 Å². The second-order valence-electron chi connectivity index (χ2n) is 12.8. The summed E-state index contributed by atoms with van der Waals surface area (Å²) in [4.78, 5) is 21.5. The van der Waals surface area contributed by atoms with Crippen LogP contribution in [0.2, 0.25) is 18.1 Å². The summed E-state index contributed by atoms with van der Waals surface area (Å²) in [6.07, 6.45) is 3.71. The first-order chi connectivity index (χ1) is 20.3. The molecule has 0 fully saturated rings. The lowest BCUT2D eigenvalue weighted by atomic mass is 10.1. The molecule has 0 unspecified atom stereocenters. The van der Waals surface area contributed by atoms with Crippen LogP contribution in [-0.4, -0.2) is 75.9 Å². The molecule has 0 aliphatic carbocycles. The minimum Gasteiger partial charge on any atom is -0.497 e. The topological polar surface area (TPSA) is 88.2 Å². The summed E-state index contributed by atoms with van der Waals surface area (Å²) in [5.41, 5.74) is 5.10. The van der Waals surface area contributed by atoms with Crippen LogP contribution < -0.4 is 18.9 Å². The lowest BCUT2D eigenvalue weighted by Gasteiger charge is -2.27. The molecule has 1 aliphatic rings. The van der Waals surface area contributed by atoms with E-state index < -0.39 is 14.4 Å². The predicted octanol–water partition coefficient (Wildman–Crippen LogP) is 5.84. The minimum absolute atomic E-state index is 0.0340. The second kappa shape index (κ2) is 12.9. The summed E-state index contributed by atoms with van der Waals surface area (Å²) >= 11 is 0. The average molecular weight is 607 g/mol. The van der Waals surface area contributed by atoms with Gasteiger partial charge < -0.3 is 24.2 Å². The fraction of sp³-hybridized carbons (Fsp3) is 0.485. The fourth-order valence-corrected chi connectivity index (χ4v) is 5.45. The maximum absolute atomic E-state index is 12.9. The lowest BCUT2D eigenvalue weighted by Crippen LogP contribution is -2.46. The van der Waals surface area contributed by atoms with Gasteiger partial charge in [0.25, 0.3) is 0 Å². The van der Waals surface area contributed by atoms with Crippen LogP contribution in [-0.2, 0) is 11.3 Å². The van der Waals surface area contributed by atoms with E-state index in [0.29, 0.717) is 31.1 Å². The average Bonchev–Trinajstić information content (AvgIpc) is 3.45. The Bertz CT molecular complexity index is 1480. The molecular formula is C33H46N4O5Si+. The van der Waals surface area contributed by atoms with Crippen LogP contribution in [0.1, 0.15) is 40.3 Å². The van der Waals surface area contributed by atoms with Crippen molar-refractivity contribution in [2.24, 2.45) is 0 Å². The zero-order valence-corrected chi connectivity index (χ0v) is 28.0. The van der Waals surface area contributed by atoms with Crippen molar-refractivity contribution in [3.05, 3.63) is 54.4 Å². The van der Waals surface area contributed by atoms with Crippen molar-refractivity contribution >= 4 is 42.9 Å². The summed E-state index contributed by atoms with van der Waals surface area (Å²) in [7, 11) is 2.58. The van der Waals surface area contributed by atoms with Crippen LogP contribution in [0.3, 0.4) is 0 Å². The normalized spacial score (nSPS) is 13.8. The number of anilines is 2. The van der Waals surface area contributed by atoms with E-state index in [0.717, 1.165) is 40.2 Å². The Morgan fingerprint density at radius 1 is 1.05 bits per heavy atom. The van der Waals surface area contributed by atoms with Crippen LogP contribution in [0.5, 0.6) is 11.5 Å². The van der Waals surface area contributed by atoms with Crippen molar-refractivity contribution in [1.82, 2.24) is 9.88 Å². The SMILES string of the molecule is COc1cc(OC)cc(N(CCO)c2ccc3ncc(C4=CCN(C(=O)OC(C)(C)C)C4)[n+](CC(C)(C)[Si](C)C)c3c2)c1. The van der Waals surface area contributed by atoms with Gasteiger partial charge in [0.1, 0.15) is 22.6 Å². The summed E-state index contributed by atoms with van der Waals surface area (Å²) < 4.78 is 19.1. The van der Waals surface area contributed by atoms with Gasteiger partial charge in [0.2, 0.25) is 11.2 Å². The molecule has 1 radical (unpaired) electrons. The molecule has 0 spiro atoms. The molecular weight excluding hydrogens is 560 g/mol. The first-order valence-corrected chi connectivity index (χ1v) is 17.2. The molecule has 43 heavy (non-hydrogen) atoms. The van der Waals surface area contributed by atoms with Gasteiger partial charge in [-0.3, -0.25) is 4.90 Å². The number of benzene rings is 2. The Balaban J connectivity index is 1.83. The number of hydrogen-bond donors (Lipinski definition) is 1. The number of amides is 1. The molecule has 0 atom stereocenters. The van der Waals surface area contributed by atoms with Gasteiger partial charge in [-0.15, -0.1) is 0 Å². The number of methoxy groups -OCH3 is 2. The molecule has 0 saturated heterocycles. The van der Waals surface area contributed by atoms with Crippen molar-refractivity contribution in [2.75, 3.05) is 45.4 Å². The minimum atomic E-state index is -0.668. The summed E-state index contributed by atoms with van der Waals surface area (Å²) in [6, 6.07) is 11.9. The highest BCUT2D eigenvalue weighted by Gasteiger charge is 2.35. The molecule has 2 aromatic carbocycles. The third kappa shape index (κ3) is 7.48. The Morgan fingerprint density at radius 2 is 1.72 bits per heavy atom. The number of aliphatic hydroxyl groups is 1. The zero-order chi connectivity index (χ0) is 31.5. The highest BCUT2D eigenvalue weighted by atomic mass is 28.3. The third-order valence-corrected chi connectivity index (χ3v) is 10.8. The molecule has 231 valence electrons. The largest absolute Gasteiger partial charge is 0.497 e. The number of carbonyl (C=O) groups is 1. The standard InChI is InChI=1S/C33H46N4O5Si/c1-32(2,3)42-31(39)35-13-12-23(21-35)30-20-34-28-11-10-24(18-29(28)37(30)22-33(4,5)43(8)9)36(14-15-38)25-16-26(40-6)19-27(17-25)41-7/h10-12,16-20,38H,13-15,21-22H2,1-9H3/q+1. The Kier molecular flexibility index (Phi) is 9.71. The molecule has 9 nitrogen and oxygen atoms in total. The van der Waals surface area contributed by atoms with E-state index in [1.165, 1.54) is 0 Å². The molecule has 1 N–H and O–H groups in total. The maximum Gasteiger partial charge on any atom is 0.410 e. The first kappa shape index (κ1) is 32.3. The van der Waals surface area contributed by atoms with Gasteiger partial charge >= 0.3 is 6.09 Å². The number of nitrogens with zero attached hydrogens (tertiary/aromatic N) is 4. The first-order valence-electron chi connectivity index (χ1n) is 14.7. The molecule has 10 heteroatoms.